The molecule has 2 rings (SSSR count). The first-order valence-electron chi connectivity index (χ1n) is 9.12. The molecule has 0 bridgehead atoms. The zero-order chi connectivity index (χ0) is 19.3. The topological polar surface area (TPSA) is 94.0 Å². The molecular formula is C20H30N4O2. The molecule has 3 N–H and O–H groups in total. The molecule has 0 aliphatic carbocycles. The van der Waals surface area contributed by atoms with Gasteiger partial charge in [0.25, 0.3) is 5.91 Å². The number of carbonyl (C=O) groups is 1. The van der Waals surface area contributed by atoms with Gasteiger partial charge < -0.3 is 15.6 Å². The third-order valence-corrected chi connectivity index (χ3v) is 3.91. The fourth-order valence-electron chi connectivity index (χ4n) is 2.75. The molecule has 0 saturated carbocycles. The van der Waals surface area contributed by atoms with Crippen LogP contribution in [0.2, 0.25) is 0 Å². The van der Waals surface area contributed by atoms with Crippen LogP contribution in [0.25, 0.3) is 11.4 Å². The van der Waals surface area contributed by atoms with Crippen LogP contribution >= 0.6 is 0 Å². The Balaban J connectivity index is 2.13. The molecule has 142 valence electrons. The predicted octanol–water partition coefficient (Wildman–Crippen LogP) is 3.43. The molecule has 1 aromatic carbocycles. The number of benzene rings is 1. The molecule has 1 unspecified atom stereocenters. The molecule has 0 fully saturated rings. The lowest BCUT2D eigenvalue weighted by Crippen LogP contribution is -2.41. The van der Waals surface area contributed by atoms with E-state index in [4.69, 9.17) is 10.3 Å². The highest BCUT2D eigenvalue weighted by Crippen LogP contribution is 2.22. The van der Waals surface area contributed by atoms with Crippen molar-refractivity contribution in [3.05, 3.63) is 35.7 Å². The molecule has 1 aromatic heterocycles. The molecule has 0 aliphatic rings. The molecule has 1 atom stereocenters. The van der Waals surface area contributed by atoms with Gasteiger partial charge in [0.2, 0.25) is 11.7 Å². The monoisotopic (exact) mass is 358 g/mol. The third kappa shape index (κ3) is 5.95. The van der Waals surface area contributed by atoms with Crippen molar-refractivity contribution in [3.63, 3.8) is 0 Å². The summed E-state index contributed by atoms with van der Waals surface area (Å²) < 4.78 is 5.34. The van der Waals surface area contributed by atoms with E-state index in [9.17, 15) is 4.79 Å². The summed E-state index contributed by atoms with van der Waals surface area (Å²) in [6.07, 6.45) is 1.55. The molecule has 0 radical (unpaired) electrons. The van der Waals surface area contributed by atoms with E-state index in [-0.39, 0.29) is 17.4 Å². The maximum absolute atomic E-state index is 12.5. The maximum atomic E-state index is 12.5. The van der Waals surface area contributed by atoms with Gasteiger partial charge in [-0.3, -0.25) is 4.79 Å². The standard InChI is InChI=1S/C20H30N4O2/c1-13(2)9-16(12-21)22-19(25)15-8-6-7-14(10-15)18-23-17(26-24-18)11-20(3,4)5/h6-8,10,13,16H,9,11-12,21H2,1-5H3,(H,22,25). The summed E-state index contributed by atoms with van der Waals surface area (Å²) in [6.45, 7) is 11.0. The van der Waals surface area contributed by atoms with E-state index in [2.05, 4.69) is 50.1 Å². The minimum absolute atomic E-state index is 0.0327. The van der Waals surface area contributed by atoms with Gasteiger partial charge in [-0.05, 0) is 29.9 Å². The molecule has 6 heteroatoms. The van der Waals surface area contributed by atoms with Gasteiger partial charge in [-0.2, -0.15) is 4.98 Å². The molecule has 1 heterocycles. The molecule has 26 heavy (non-hydrogen) atoms. The van der Waals surface area contributed by atoms with Gasteiger partial charge in [0.15, 0.2) is 0 Å². The average Bonchev–Trinajstić information content (AvgIpc) is 3.00. The van der Waals surface area contributed by atoms with E-state index in [0.717, 1.165) is 12.0 Å². The minimum Gasteiger partial charge on any atom is -0.348 e. The number of aromatic nitrogens is 2. The van der Waals surface area contributed by atoms with Gasteiger partial charge in [-0.15, -0.1) is 0 Å². The number of hydrogen-bond donors (Lipinski definition) is 2. The van der Waals surface area contributed by atoms with Crippen LogP contribution < -0.4 is 11.1 Å². The first-order chi connectivity index (χ1) is 12.2. The molecule has 0 saturated heterocycles. The Morgan fingerprint density at radius 2 is 2.04 bits per heavy atom. The Bertz CT molecular complexity index is 731. The largest absolute Gasteiger partial charge is 0.348 e. The molecule has 6 nitrogen and oxygen atoms in total. The minimum atomic E-state index is -0.138. The second-order valence-electron chi connectivity index (χ2n) is 8.37. The summed E-state index contributed by atoms with van der Waals surface area (Å²) in [5, 5.41) is 7.05. The molecular weight excluding hydrogens is 328 g/mol. The highest BCUT2D eigenvalue weighted by Gasteiger charge is 2.18. The lowest BCUT2D eigenvalue weighted by atomic mass is 9.92. The molecule has 0 spiro atoms. The van der Waals surface area contributed by atoms with Crippen LogP contribution in [-0.4, -0.2) is 28.6 Å². The molecule has 0 aliphatic heterocycles. The highest BCUT2D eigenvalue weighted by atomic mass is 16.5. The summed E-state index contributed by atoms with van der Waals surface area (Å²) in [5.74, 6) is 1.43. The first kappa shape index (κ1) is 20.1. The normalized spacial score (nSPS) is 13.0. The van der Waals surface area contributed by atoms with E-state index in [1.54, 1.807) is 12.1 Å². The summed E-state index contributed by atoms with van der Waals surface area (Å²) in [7, 11) is 0. The fourth-order valence-corrected chi connectivity index (χ4v) is 2.75. The van der Waals surface area contributed by atoms with Crippen molar-refractivity contribution in [2.24, 2.45) is 17.1 Å². The van der Waals surface area contributed by atoms with Gasteiger partial charge in [-0.25, -0.2) is 0 Å². The van der Waals surface area contributed by atoms with Crippen LogP contribution in [0.5, 0.6) is 0 Å². The Morgan fingerprint density at radius 1 is 1.31 bits per heavy atom. The second-order valence-corrected chi connectivity index (χ2v) is 8.37. The van der Waals surface area contributed by atoms with Crippen LogP contribution in [0.15, 0.2) is 28.8 Å². The Hall–Kier alpha value is -2.21. The predicted molar refractivity (Wildman–Crippen MR) is 103 cm³/mol. The number of carbonyl (C=O) groups excluding carboxylic acids is 1. The van der Waals surface area contributed by atoms with E-state index in [1.807, 2.05) is 12.1 Å². The van der Waals surface area contributed by atoms with Crippen molar-refractivity contribution >= 4 is 5.91 Å². The van der Waals surface area contributed by atoms with Gasteiger partial charge in [-0.1, -0.05) is 51.9 Å². The number of hydrogen-bond acceptors (Lipinski definition) is 5. The summed E-state index contributed by atoms with van der Waals surface area (Å²) in [6, 6.07) is 7.22. The van der Waals surface area contributed by atoms with Crippen LogP contribution in [0.3, 0.4) is 0 Å². The number of nitrogens with zero attached hydrogens (tertiary/aromatic N) is 2. The number of amides is 1. The SMILES string of the molecule is CC(C)CC(CN)NC(=O)c1cccc(-c2noc(CC(C)(C)C)n2)c1. The Morgan fingerprint density at radius 3 is 2.65 bits per heavy atom. The fraction of sp³-hybridized carbons (Fsp3) is 0.550. The van der Waals surface area contributed by atoms with Crippen molar-refractivity contribution in [1.29, 1.82) is 0 Å². The Labute approximate surface area is 155 Å². The summed E-state index contributed by atoms with van der Waals surface area (Å²) in [5.41, 5.74) is 7.16. The quantitative estimate of drug-likeness (QED) is 0.791. The van der Waals surface area contributed by atoms with Crippen LogP contribution in [-0.2, 0) is 6.42 Å². The van der Waals surface area contributed by atoms with E-state index in [0.29, 0.717) is 36.2 Å². The lowest BCUT2D eigenvalue weighted by Gasteiger charge is -2.18. The highest BCUT2D eigenvalue weighted by molar-refractivity contribution is 5.95. The van der Waals surface area contributed by atoms with Crippen molar-refractivity contribution in [1.82, 2.24) is 15.5 Å². The summed E-state index contributed by atoms with van der Waals surface area (Å²) >= 11 is 0. The van der Waals surface area contributed by atoms with E-state index in [1.165, 1.54) is 0 Å². The summed E-state index contributed by atoms with van der Waals surface area (Å²) in [4.78, 5) is 17.0. The second kappa shape index (κ2) is 8.45. The van der Waals surface area contributed by atoms with Crippen molar-refractivity contribution in [2.45, 2.75) is 53.5 Å². The van der Waals surface area contributed by atoms with Crippen molar-refractivity contribution in [3.8, 4) is 11.4 Å². The number of nitrogens with two attached hydrogens (primary N) is 1. The average molecular weight is 358 g/mol. The van der Waals surface area contributed by atoms with Crippen LogP contribution in [0.1, 0.15) is 57.3 Å². The Kier molecular flexibility index (Phi) is 6.53. The zero-order valence-electron chi connectivity index (χ0n) is 16.4. The van der Waals surface area contributed by atoms with Crippen molar-refractivity contribution < 1.29 is 9.32 Å². The zero-order valence-corrected chi connectivity index (χ0v) is 16.4. The molecule has 1 amide bonds. The van der Waals surface area contributed by atoms with Gasteiger partial charge in [0.05, 0.1) is 0 Å². The lowest BCUT2D eigenvalue weighted by molar-refractivity contribution is 0.0934. The maximum Gasteiger partial charge on any atom is 0.251 e. The van der Waals surface area contributed by atoms with Crippen LogP contribution in [0, 0.1) is 11.3 Å². The number of rotatable bonds is 7. The number of nitrogens with one attached hydrogen (secondary N) is 1. The molecule has 2 aromatic rings. The van der Waals surface area contributed by atoms with Crippen molar-refractivity contribution in [2.75, 3.05) is 6.54 Å². The van der Waals surface area contributed by atoms with Gasteiger partial charge in [0, 0.05) is 30.1 Å². The first-order valence-corrected chi connectivity index (χ1v) is 9.12. The third-order valence-electron chi connectivity index (χ3n) is 3.91. The van der Waals surface area contributed by atoms with E-state index < -0.39 is 0 Å². The van der Waals surface area contributed by atoms with Crippen LogP contribution in [0.4, 0.5) is 0 Å². The smallest absolute Gasteiger partial charge is 0.251 e. The van der Waals surface area contributed by atoms with E-state index >= 15 is 0 Å². The van der Waals surface area contributed by atoms with Gasteiger partial charge in [0.1, 0.15) is 0 Å². The van der Waals surface area contributed by atoms with Gasteiger partial charge >= 0.3 is 0 Å².